The number of halogens is 1. The number of nitrogens with zero attached hydrogens (tertiary/aromatic N) is 2. The van der Waals surface area contributed by atoms with Crippen molar-refractivity contribution in [1.29, 1.82) is 0 Å². The molecule has 1 aliphatic rings. The number of hydrogen-bond acceptors (Lipinski definition) is 5. The van der Waals surface area contributed by atoms with E-state index in [-0.39, 0.29) is 5.82 Å². The number of benzene rings is 1. The van der Waals surface area contributed by atoms with Gasteiger partial charge < -0.3 is 24.8 Å². The Morgan fingerprint density at radius 1 is 1.19 bits per heavy atom. The Morgan fingerprint density at radius 3 is 2.51 bits per heavy atom. The first-order valence-corrected chi connectivity index (χ1v) is 12.7. The van der Waals surface area contributed by atoms with Gasteiger partial charge in [0.1, 0.15) is 11.4 Å². The molecule has 1 aromatic carbocycles. The summed E-state index contributed by atoms with van der Waals surface area (Å²) in [6.45, 7) is 7.68. The molecule has 2 aromatic rings. The lowest BCUT2D eigenvalue weighted by Gasteiger charge is -2.21. The van der Waals surface area contributed by atoms with E-state index in [9.17, 15) is 23.9 Å². The van der Waals surface area contributed by atoms with Crippen LogP contribution in [0.1, 0.15) is 76.8 Å². The summed E-state index contributed by atoms with van der Waals surface area (Å²) in [7, 11) is 0. The van der Waals surface area contributed by atoms with Crippen molar-refractivity contribution < 1.29 is 33.7 Å². The quantitative estimate of drug-likeness (QED) is 0.380. The lowest BCUT2D eigenvalue weighted by molar-refractivity contribution is -0.142. The van der Waals surface area contributed by atoms with Gasteiger partial charge in [0.05, 0.1) is 23.6 Å². The highest BCUT2D eigenvalue weighted by molar-refractivity contribution is 5.70. The summed E-state index contributed by atoms with van der Waals surface area (Å²) in [6, 6.07) is 4.69. The molecule has 0 saturated carbocycles. The Hall–Kier alpha value is -3.43. The lowest BCUT2D eigenvalue weighted by atomic mass is 9.94. The second-order valence-electron chi connectivity index (χ2n) is 10.1. The molecular formula is C27H38FN3O6. The molecule has 1 aliphatic heterocycles. The number of rotatable bonds is 10. The zero-order chi connectivity index (χ0) is 27.6. The van der Waals surface area contributed by atoms with Crippen LogP contribution < -0.4 is 5.32 Å². The molecule has 10 heteroatoms. The van der Waals surface area contributed by atoms with Crippen LogP contribution >= 0.6 is 0 Å². The first-order valence-electron chi connectivity index (χ1n) is 12.7. The minimum Gasteiger partial charge on any atom is -0.481 e. The van der Waals surface area contributed by atoms with Crippen LogP contribution in [0.15, 0.2) is 24.5 Å². The number of fused-ring (bicyclic) bond motifs is 3. The number of carbonyl (C=O) groups excluding carboxylic acids is 1. The topological polar surface area (TPSA) is 131 Å². The number of carbonyl (C=O) groups is 3. The van der Waals surface area contributed by atoms with Gasteiger partial charge >= 0.3 is 18.0 Å². The van der Waals surface area contributed by atoms with Crippen molar-refractivity contribution in [3.63, 3.8) is 0 Å². The number of ether oxygens (including phenoxy) is 1. The van der Waals surface area contributed by atoms with E-state index in [0.29, 0.717) is 45.1 Å². The van der Waals surface area contributed by atoms with E-state index >= 15 is 0 Å². The number of amides is 1. The summed E-state index contributed by atoms with van der Waals surface area (Å²) in [5.41, 5.74) is 2.99. The molecule has 1 aromatic heterocycles. The first-order chi connectivity index (χ1) is 17.4. The fourth-order valence-corrected chi connectivity index (χ4v) is 4.02. The average Bonchev–Trinajstić information content (AvgIpc) is 3.21. The summed E-state index contributed by atoms with van der Waals surface area (Å²) in [5, 5.41) is 20.3. The Kier molecular flexibility index (Phi) is 11.1. The zero-order valence-corrected chi connectivity index (χ0v) is 22.1. The molecule has 2 heterocycles. The van der Waals surface area contributed by atoms with Gasteiger partial charge in [-0.1, -0.05) is 13.3 Å². The highest BCUT2D eigenvalue weighted by Gasteiger charge is 2.25. The standard InChI is InChI=1S/C22H28FN3O4.C5H10O2/c1-22(2,3)30-21(29)24-10-4-5-15(20(27)28)12-17-19-8-6-14-11-16(23)7-9-18(14)26(19)13-25-17;1-2-3-4-5(6)7/h7,9,11,13,15H,4-6,8,10,12H2,1-3H3,(H,24,29)(H,27,28);2-4H2,1H3,(H,6,7). The predicted octanol–water partition coefficient (Wildman–Crippen LogP) is 4.92. The lowest BCUT2D eigenvalue weighted by Crippen LogP contribution is -2.33. The third-order valence-corrected chi connectivity index (χ3v) is 5.82. The van der Waals surface area contributed by atoms with Gasteiger partial charge in [-0.3, -0.25) is 9.59 Å². The molecule has 3 rings (SSSR count). The van der Waals surface area contributed by atoms with E-state index in [1.807, 2.05) is 11.5 Å². The third kappa shape index (κ3) is 9.86. The van der Waals surface area contributed by atoms with E-state index < -0.39 is 29.6 Å². The number of imidazole rings is 1. The Morgan fingerprint density at radius 2 is 1.92 bits per heavy atom. The van der Waals surface area contributed by atoms with E-state index in [1.54, 1.807) is 33.2 Å². The maximum absolute atomic E-state index is 13.5. The van der Waals surface area contributed by atoms with Crippen LogP contribution in [0.25, 0.3) is 5.69 Å². The fourth-order valence-electron chi connectivity index (χ4n) is 4.02. The number of alkyl carbamates (subject to hydrolysis) is 1. The van der Waals surface area contributed by atoms with Crippen LogP contribution in [0.4, 0.5) is 9.18 Å². The maximum Gasteiger partial charge on any atom is 0.407 e. The molecule has 37 heavy (non-hydrogen) atoms. The van der Waals surface area contributed by atoms with Gasteiger partial charge in [-0.2, -0.15) is 0 Å². The van der Waals surface area contributed by atoms with Gasteiger partial charge in [-0.25, -0.2) is 14.2 Å². The van der Waals surface area contributed by atoms with Crippen molar-refractivity contribution >= 4 is 18.0 Å². The molecule has 0 saturated heterocycles. The number of unbranched alkanes of at least 4 members (excludes halogenated alkanes) is 1. The monoisotopic (exact) mass is 519 g/mol. The van der Waals surface area contributed by atoms with E-state index in [1.165, 1.54) is 12.1 Å². The summed E-state index contributed by atoms with van der Waals surface area (Å²) in [5.74, 6) is -2.43. The molecule has 1 amide bonds. The number of aromatic nitrogens is 2. The Bertz CT molecular complexity index is 1080. The number of aryl methyl sites for hydroxylation is 1. The Labute approximate surface area is 217 Å². The molecule has 0 aliphatic carbocycles. The van der Waals surface area contributed by atoms with Crippen LogP contribution in [0.3, 0.4) is 0 Å². The maximum atomic E-state index is 13.5. The van der Waals surface area contributed by atoms with Crippen molar-refractivity contribution in [2.75, 3.05) is 6.54 Å². The summed E-state index contributed by atoms with van der Waals surface area (Å²) < 4.78 is 20.6. The predicted molar refractivity (Wildman–Crippen MR) is 136 cm³/mol. The molecule has 0 radical (unpaired) electrons. The van der Waals surface area contributed by atoms with Gasteiger partial charge in [0, 0.05) is 25.1 Å². The molecule has 204 valence electrons. The molecular weight excluding hydrogens is 481 g/mol. The zero-order valence-electron chi connectivity index (χ0n) is 22.1. The second kappa shape index (κ2) is 13.8. The second-order valence-corrected chi connectivity index (χ2v) is 10.1. The van der Waals surface area contributed by atoms with Crippen LogP contribution in [-0.2, 0) is 33.6 Å². The van der Waals surface area contributed by atoms with E-state index in [2.05, 4.69) is 10.3 Å². The van der Waals surface area contributed by atoms with Crippen LogP contribution in [-0.4, -0.2) is 49.9 Å². The fraction of sp³-hybridized carbons (Fsp3) is 0.556. The largest absolute Gasteiger partial charge is 0.481 e. The minimum absolute atomic E-state index is 0.261. The number of nitrogens with one attached hydrogen (secondary N) is 1. The minimum atomic E-state index is -0.882. The molecule has 9 nitrogen and oxygen atoms in total. The number of carboxylic acid groups (broad SMARTS) is 2. The first kappa shape index (κ1) is 29.8. The van der Waals surface area contributed by atoms with Crippen molar-refractivity contribution in [2.45, 2.75) is 84.7 Å². The van der Waals surface area contributed by atoms with Crippen molar-refractivity contribution in [3.8, 4) is 5.69 Å². The van der Waals surface area contributed by atoms with Crippen molar-refractivity contribution in [2.24, 2.45) is 5.92 Å². The normalized spacial score (nSPS) is 12.9. The van der Waals surface area contributed by atoms with Crippen LogP contribution in [0, 0.1) is 11.7 Å². The average molecular weight is 520 g/mol. The van der Waals surface area contributed by atoms with Crippen LogP contribution in [0.5, 0.6) is 0 Å². The number of aliphatic carboxylic acids is 2. The SMILES string of the molecule is CC(C)(C)OC(=O)NCCCC(Cc1ncn2c1CCc1cc(F)ccc1-2)C(=O)O.CCCCC(=O)O. The Balaban J connectivity index is 0.000000604. The van der Waals surface area contributed by atoms with Gasteiger partial charge in [0.25, 0.3) is 0 Å². The van der Waals surface area contributed by atoms with Crippen LogP contribution in [0.2, 0.25) is 0 Å². The number of hydrogen-bond donors (Lipinski definition) is 3. The molecule has 0 bridgehead atoms. The van der Waals surface area contributed by atoms with Gasteiger partial charge in [-0.15, -0.1) is 0 Å². The van der Waals surface area contributed by atoms with Gasteiger partial charge in [0.2, 0.25) is 0 Å². The highest BCUT2D eigenvalue weighted by atomic mass is 19.1. The smallest absolute Gasteiger partial charge is 0.407 e. The van der Waals surface area contributed by atoms with Gasteiger partial charge in [-0.05, 0) is 76.6 Å². The summed E-state index contributed by atoms with van der Waals surface area (Å²) in [6.07, 6.45) is 5.91. The molecule has 3 N–H and O–H groups in total. The van der Waals surface area contributed by atoms with Crippen molar-refractivity contribution in [3.05, 3.63) is 47.3 Å². The highest BCUT2D eigenvalue weighted by Crippen LogP contribution is 2.28. The summed E-state index contributed by atoms with van der Waals surface area (Å²) in [4.78, 5) is 37.7. The summed E-state index contributed by atoms with van der Waals surface area (Å²) >= 11 is 0. The van der Waals surface area contributed by atoms with Crippen molar-refractivity contribution in [1.82, 2.24) is 14.9 Å². The van der Waals surface area contributed by atoms with E-state index in [4.69, 9.17) is 9.84 Å². The van der Waals surface area contributed by atoms with E-state index in [0.717, 1.165) is 35.5 Å². The van der Waals surface area contributed by atoms with Gasteiger partial charge in [0.15, 0.2) is 0 Å². The molecule has 0 fully saturated rings. The molecule has 1 unspecified atom stereocenters. The number of carboxylic acids is 2. The molecule has 0 spiro atoms. The third-order valence-electron chi connectivity index (χ3n) is 5.82. The molecule has 1 atom stereocenters.